The summed E-state index contributed by atoms with van der Waals surface area (Å²) in [6.45, 7) is 0. The molecular weight excluding hydrogens is 284 g/mol. The number of hydrogen-bond donors (Lipinski definition) is 0. The zero-order chi connectivity index (χ0) is 14.5. The number of epoxide rings is 1. The van der Waals surface area contributed by atoms with Crippen molar-refractivity contribution in [3.05, 3.63) is 66.2 Å². The minimum absolute atomic E-state index is 0.118. The maximum Gasteiger partial charge on any atom is 0.211 e. The van der Waals surface area contributed by atoms with Crippen molar-refractivity contribution in [1.82, 2.24) is 0 Å². The Kier molecular flexibility index (Phi) is 2.75. The van der Waals surface area contributed by atoms with Gasteiger partial charge in [-0.3, -0.25) is 0 Å². The topological polar surface area (TPSA) is 46.7 Å². The van der Waals surface area contributed by atoms with Crippen molar-refractivity contribution in [3.8, 4) is 0 Å². The lowest BCUT2D eigenvalue weighted by Crippen LogP contribution is -2.28. The molecule has 0 spiro atoms. The molecule has 2 atom stereocenters. The Morgan fingerprint density at radius 1 is 0.905 bits per heavy atom. The van der Waals surface area contributed by atoms with Crippen LogP contribution in [0.1, 0.15) is 24.5 Å². The maximum atomic E-state index is 13.1. The van der Waals surface area contributed by atoms with E-state index >= 15 is 0 Å². The van der Waals surface area contributed by atoms with Crippen LogP contribution in [0, 0.1) is 5.92 Å². The van der Waals surface area contributed by atoms with Gasteiger partial charge in [-0.15, -0.1) is 0 Å². The van der Waals surface area contributed by atoms with E-state index in [1.807, 2.05) is 36.4 Å². The van der Waals surface area contributed by atoms with Crippen LogP contribution in [0.3, 0.4) is 0 Å². The summed E-state index contributed by atoms with van der Waals surface area (Å²) in [4.78, 5) is -0.689. The molecule has 108 valence electrons. The molecule has 1 aliphatic heterocycles. The van der Waals surface area contributed by atoms with Crippen LogP contribution in [0.4, 0.5) is 0 Å². The third kappa shape index (κ3) is 1.86. The molecule has 1 heterocycles. The molecule has 4 heteroatoms. The minimum atomic E-state index is -3.48. The van der Waals surface area contributed by atoms with Crippen molar-refractivity contribution in [2.75, 3.05) is 0 Å². The van der Waals surface area contributed by atoms with Crippen molar-refractivity contribution in [2.45, 2.75) is 28.8 Å². The lowest BCUT2D eigenvalue weighted by molar-refractivity contribution is 0.326. The van der Waals surface area contributed by atoms with Crippen molar-refractivity contribution in [1.29, 1.82) is 0 Å². The lowest BCUT2D eigenvalue weighted by Gasteiger charge is -2.13. The molecule has 2 fully saturated rings. The van der Waals surface area contributed by atoms with Gasteiger partial charge >= 0.3 is 0 Å². The molecule has 3 nitrogen and oxygen atoms in total. The Bertz CT molecular complexity index is 751. The van der Waals surface area contributed by atoms with E-state index < -0.39 is 14.8 Å². The summed E-state index contributed by atoms with van der Waals surface area (Å²) in [5.74, 6) is 0.118. The van der Waals surface area contributed by atoms with Crippen LogP contribution in [-0.4, -0.2) is 13.4 Å². The van der Waals surface area contributed by atoms with Crippen LogP contribution in [-0.2, 0) is 14.6 Å². The van der Waals surface area contributed by atoms with Crippen molar-refractivity contribution >= 4 is 9.84 Å². The van der Waals surface area contributed by atoms with Gasteiger partial charge in [0, 0.05) is 5.92 Å². The van der Waals surface area contributed by atoms with Crippen molar-refractivity contribution in [2.24, 2.45) is 5.92 Å². The molecule has 0 bridgehead atoms. The van der Waals surface area contributed by atoms with Crippen LogP contribution >= 0.6 is 0 Å². The second kappa shape index (κ2) is 4.42. The van der Waals surface area contributed by atoms with E-state index in [1.54, 1.807) is 24.3 Å². The first-order chi connectivity index (χ1) is 10.2. The highest BCUT2D eigenvalue weighted by molar-refractivity contribution is 7.93. The monoisotopic (exact) mass is 300 g/mol. The van der Waals surface area contributed by atoms with E-state index in [2.05, 4.69) is 0 Å². The number of hydrogen-bond acceptors (Lipinski definition) is 3. The standard InChI is InChI=1S/C17H16O3S/c18-21(19,15-9-5-2-6-10-15)17(14-11-12-14)16(20-17)13-7-3-1-4-8-13/h1-10,14,16H,11-12H2. The first-order valence-electron chi connectivity index (χ1n) is 7.19. The van der Waals surface area contributed by atoms with Gasteiger partial charge < -0.3 is 4.74 Å². The summed E-state index contributed by atoms with van der Waals surface area (Å²) in [6, 6.07) is 18.3. The third-order valence-corrected chi connectivity index (χ3v) is 6.71. The Morgan fingerprint density at radius 3 is 2.05 bits per heavy atom. The highest BCUT2D eigenvalue weighted by Crippen LogP contribution is 2.65. The first-order valence-corrected chi connectivity index (χ1v) is 8.67. The average Bonchev–Trinajstić information content (AvgIpc) is 3.40. The second-order valence-corrected chi connectivity index (χ2v) is 7.84. The third-order valence-electron chi connectivity index (χ3n) is 4.33. The predicted octanol–water partition coefficient (Wildman–Crippen LogP) is 3.34. The van der Waals surface area contributed by atoms with Gasteiger partial charge in [0.15, 0.2) is 0 Å². The molecule has 2 aliphatic rings. The van der Waals surface area contributed by atoms with E-state index in [0.717, 1.165) is 18.4 Å². The summed E-state index contributed by atoms with van der Waals surface area (Å²) in [5, 5.41) is 0. The molecule has 2 aromatic carbocycles. The van der Waals surface area contributed by atoms with Gasteiger partial charge in [0.2, 0.25) is 14.8 Å². The fourth-order valence-electron chi connectivity index (χ4n) is 3.08. The van der Waals surface area contributed by atoms with Gasteiger partial charge in [0.05, 0.1) is 4.90 Å². The average molecular weight is 300 g/mol. The largest absolute Gasteiger partial charge is 0.343 e. The quantitative estimate of drug-likeness (QED) is 0.814. The summed E-state index contributed by atoms with van der Waals surface area (Å²) in [6.07, 6.45) is 1.52. The van der Waals surface area contributed by atoms with E-state index in [-0.39, 0.29) is 12.0 Å². The Labute approximate surface area is 124 Å². The number of ether oxygens (including phenoxy) is 1. The summed E-state index contributed by atoms with van der Waals surface area (Å²) in [7, 11) is -3.48. The number of benzene rings is 2. The van der Waals surface area contributed by atoms with E-state index in [9.17, 15) is 8.42 Å². The first kappa shape index (κ1) is 13.0. The predicted molar refractivity (Wildman–Crippen MR) is 79.4 cm³/mol. The molecule has 0 amide bonds. The second-order valence-electron chi connectivity index (χ2n) is 5.72. The molecule has 21 heavy (non-hydrogen) atoms. The maximum absolute atomic E-state index is 13.1. The highest BCUT2D eigenvalue weighted by Gasteiger charge is 2.73. The van der Waals surface area contributed by atoms with Crippen LogP contribution in [0.5, 0.6) is 0 Å². The van der Waals surface area contributed by atoms with Gasteiger partial charge in [0.1, 0.15) is 6.10 Å². The molecule has 0 N–H and O–H groups in total. The molecule has 1 saturated carbocycles. The molecule has 2 unspecified atom stereocenters. The minimum Gasteiger partial charge on any atom is -0.343 e. The van der Waals surface area contributed by atoms with Crippen molar-refractivity contribution < 1.29 is 13.2 Å². The van der Waals surface area contributed by atoms with Gasteiger partial charge in [-0.05, 0) is 30.5 Å². The number of sulfone groups is 1. The van der Waals surface area contributed by atoms with Gasteiger partial charge in [-0.25, -0.2) is 8.42 Å². The smallest absolute Gasteiger partial charge is 0.211 e. The SMILES string of the molecule is O=S(=O)(c1ccccc1)C1(C2CC2)OC1c1ccccc1. The Balaban J connectivity index is 1.78. The molecule has 1 saturated heterocycles. The molecule has 0 aromatic heterocycles. The van der Waals surface area contributed by atoms with Gasteiger partial charge in [0.25, 0.3) is 0 Å². The van der Waals surface area contributed by atoms with Crippen LogP contribution < -0.4 is 0 Å². The number of rotatable bonds is 4. The van der Waals surface area contributed by atoms with Crippen LogP contribution in [0.15, 0.2) is 65.6 Å². The molecule has 2 aromatic rings. The Morgan fingerprint density at radius 2 is 1.48 bits per heavy atom. The zero-order valence-electron chi connectivity index (χ0n) is 11.5. The Hall–Kier alpha value is -1.65. The van der Waals surface area contributed by atoms with Gasteiger partial charge in [-0.2, -0.15) is 0 Å². The van der Waals surface area contributed by atoms with Gasteiger partial charge in [-0.1, -0.05) is 48.5 Å². The zero-order valence-corrected chi connectivity index (χ0v) is 12.3. The summed E-state index contributed by atoms with van der Waals surface area (Å²) >= 11 is 0. The molecule has 0 radical (unpaired) electrons. The van der Waals surface area contributed by atoms with E-state index in [1.165, 1.54) is 0 Å². The van der Waals surface area contributed by atoms with Crippen LogP contribution in [0.2, 0.25) is 0 Å². The normalized spacial score (nSPS) is 28.3. The molecular formula is C17H16O3S. The summed E-state index contributed by atoms with van der Waals surface area (Å²) < 4.78 is 32.0. The van der Waals surface area contributed by atoms with Crippen LogP contribution in [0.25, 0.3) is 0 Å². The molecule has 4 rings (SSSR count). The summed E-state index contributed by atoms with van der Waals surface area (Å²) in [5.41, 5.74) is 0.948. The van der Waals surface area contributed by atoms with E-state index in [4.69, 9.17) is 4.74 Å². The van der Waals surface area contributed by atoms with E-state index in [0.29, 0.717) is 4.90 Å². The lowest BCUT2D eigenvalue weighted by atomic mass is 10.1. The fourth-order valence-corrected chi connectivity index (χ4v) is 5.28. The molecule has 1 aliphatic carbocycles. The highest BCUT2D eigenvalue weighted by atomic mass is 32.2. The fraction of sp³-hybridized carbons (Fsp3) is 0.294. The van der Waals surface area contributed by atoms with Crippen molar-refractivity contribution in [3.63, 3.8) is 0 Å².